The number of hydrogen-bond donors (Lipinski definition) is 0. The van der Waals surface area contributed by atoms with Crippen LogP contribution in [-0.4, -0.2) is 25.5 Å². The summed E-state index contributed by atoms with van der Waals surface area (Å²) in [5.74, 6) is 1.99. The maximum absolute atomic E-state index is 4.31. The Morgan fingerprint density at radius 1 is 1.14 bits per heavy atom. The second-order valence-corrected chi connectivity index (χ2v) is 7.06. The number of thiophene rings is 1. The molecule has 0 aliphatic carbocycles. The Bertz CT molecular complexity index is 692. The molecule has 3 aromatic rings. The Labute approximate surface area is 138 Å². The molecule has 0 saturated carbocycles. The minimum atomic E-state index is 0.941. The summed E-state index contributed by atoms with van der Waals surface area (Å²) in [6.07, 6.45) is 5.74. The van der Waals surface area contributed by atoms with Gasteiger partial charge in [-0.15, -0.1) is 21.5 Å². The second kappa shape index (κ2) is 7.56. The lowest BCUT2D eigenvalue weighted by Crippen LogP contribution is -2.05. The van der Waals surface area contributed by atoms with Crippen LogP contribution in [0.2, 0.25) is 0 Å². The van der Waals surface area contributed by atoms with Crippen molar-refractivity contribution in [2.24, 2.45) is 0 Å². The highest BCUT2D eigenvalue weighted by Gasteiger charge is 2.09. The van der Waals surface area contributed by atoms with E-state index in [9.17, 15) is 0 Å². The molecule has 4 nitrogen and oxygen atoms in total. The third kappa shape index (κ3) is 3.96. The van der Waals surface area contributed by atoms with Crippen molar-refractivity contribution in [2.75, 3.05) is 5.75 Å². The van der Waals surface area contributed by atoms with Gasteiger partial charge in [-0.1, -0.05) is 17.8 Å². The van der Waals surface area contributed by atoms with Crippen molar-refractivity contribution < 1.29 is 0 Å². The number of aryl methyl sites for hydroxylation is 3. The zero-order valence-corrected chi connectivity index (χ0v) is 14.1. The van der Waals surface area contributed by atoms with E-state index in [0.717, 1.165) is 36.1 Å². The van der Waals surface area contributed by atoms with Crippen molar-refractivity contribution in [1.82, 2.24) is 19.7 Å². The van der Waals surface area contributed by atoms with Crippen LogP contribution in [0.25, 0.3) is 0 Å². The van der Waals surface area contributed by atoms with E-state index in [1.54, 1.807) is 23.1 Å². The summed E-state index contributed by atoms with van der Waals surface area (Å²) in [4.78, 5) is 5.45. The highest BCUT2D eigenvalue weighted by atomic mass is 32.2. The first-order chi connectivity index (χ1) is 10.8. The summed E-state index contributed by atoms with van der Waals surface area (Å²) in [6.45, 7) is 2.96. The molecule has 22 heavy (non-hydrogen) atoms. The standard InChI is InChI=1S/C16H18N4S2/c1-13-18-19-16(20(13)10-6-15-3-2-11-21-15)22-12-7-14-4-8-17-9-5-14/h2-5,8-9,11H,6-7,10,12H2,1H3. The number of thioether (sulfide) groups is 1. The minimum absolute atomic E-state index is 0.941. The maximum Gasteiger partial charge on any atom is 0.191 e. The van der Waals surface area contributed by atoms with E-state index >= 15 is 0 Å². The molecule has 0 saturated heterocycles. The van der Waals surface area contributed by atoms with Gasteiger partial charge in [0, 0.05) is 29.6 Å². The molecule has 3 heterocycles. The molecule has 0 aromatic carbocycles. The number of pyridine rings is 1. The number of aromatic nitrogens is 4. The topological polar surface area (TPSA) is 43.6 Å². The zero-order chi connectivity index (χ0) is 15.2. The van der Waals surface area contributed by atoms with Crippen LogP contribution >= 0.6 is 23.1 Å². The van der Waals surface area contributed by atoms with Crippen molar-refractivity contribution in [3.8, 4) is 0 Å². The largest absolute Gasteiger partial charge is 0.306 e. The highest BCUT2D eigenvalue weighted by molar-refractivity contribution is 7.99. The van der Waals surface area contributed by atoms with Crippen molar-refractivity contribution in [3.05, 3.63) is 58.3 Å². The van der Waals surface area contributed by atoms with Gasteiger partial charge in [0.2, 0.25) is 0 Å². The summed E-state index contributed by atoms with van der Waals surface area (Å²) in [6, 6.07) is 8.41. The Morgan fingerprint density at radius 3 is 2.77 bits per heavy atom. The molecular weight excluding hydrogens is 312 g/mol. The van der Waals surface area contributed by atoms with Gasteiger partial charge in [0.25, 0.3) is 0 Å². The molecule has 0 spiro atoms. The van der Waals surface area contributed by atoms with Crippen LogP contribution < -0.4 is 0 Å². The first kappa shape index (κ1) is 15.2. The fourth-order valence-corrected chi connectivity index (χ4v) is 3.91. The molecule has 0 aliphatic heterocycles. The lowest BCUT2D eigenvalue weighted by Gasteiger charge is -2.07. The lowest BCUT2D eigenvalue weighted by atomic mass is 10.2. The van der Waals surface area contributed by atoms with Crippen LogP contribution in [-0.2, 0) is 19.4 Å². The summed E-state index contributed by atoms with van der Waals surface area (Å²) in [5, 5.41) is 11.7. The van der Waals surface area contributed by atoms with E-state index in [4.69, 9.17) is 0 Å². The maximum atomic E-state index is 4.31. The smallest absolute Gasteiger partial charge is 0.191 e. The van der Waals surface area contributed by atoms with Crippen LogP contribution in [0.15, 0.2) is 47.2 Å². The van der Waals surface area contributed by atoms with Crippen molar-refractivity contribution >= 4 is 23.1 Å². The third-order valence-corrected chi connectivity index (χ3v) is 5.34. The monoisotopic (exact) mass is 330 g/mol. The molecule has 3 aromatic heterocycles. The SMILES string of the molecule is Cc1nnc(SCCc2ccncc2)n1CCc1cccs1. The molecule has 0 amide bonds. The van der Waals surface area contributed by atoms with Gasteiger partial charge in [0.15, 0.2) is 5.16 Å². The van der Waals surface area contributed by atoms with E-state index in [0.29, 0.717) is 0 Å². The summed E-state index contributed by atoms with van der Waals surface area (Å²) in [7, 11) is 0. The quantitative estimate of drug-likeness (QED) is 0.621. The first-order valence-electron chi connectivity index (χ1n) is 7.27. The average Bonchev–Trinajstić information content (AvgIpc) is 3.17. The molecule has 0 atom stereocenters. The van der Waals surface area contributed by atoms with Crippen molar-refractivity contribution in [3.63, 3.8) is 0 Å². The molecule has 0 bridgehead atoms. The second-order valence-electron chi connectivity index (χ2n) is 4.96. The predicted molar refractivity (Wildman–Crippen MR) is 91.4 cm³/mol. The molecule has 0 unspecified atom stereocenters. The fourth-order valence-electron chi connectivity index (χ4n) is 2.21. The van der Waals surface area contributed by atoms with Gasteiger partial charge in [0.1, 0.15) is 5.82 Å². The molecule has 0 N–H and O–H groups in total. The lowest BCUT2D eigenvalue weighted by molar-refractivity contribution is 0.621. The summed E-state index contributed by atoms with van der Waals surface area (Å²) < 4.78 is 2.22. The Kier molecular flexibility index (Phi) is 5.24. The van der Waals surface area contributed by atoms with E-state index in [2.05, 4.69) is 49.4 Å². The summed E-state index contributed by atoms with van der Waals surface area (Å²) >= 11 is 3.58. The van der Waals surface area contributed by atoms with E-state index < -0.39 is 0 Å². The fraction of sp³-hybridized carbons (Fsp3) is 0.312. The van der Waals surface area contributed by atoms with Gasteiger partial charge in [-0.05, 0) is 48.9 Å². The van der Waals surface area contributed by atoms with Crippen LogP contribution in [0.1, 0.15) is 16.3 Å². The van der Waals surface area contributed by atoms with Crippen LogP contribution in [0.4, 0.5) is 0 Å². The normalized spacial score (nSPS) is 11.0. The average molecular weight is 330 g/mol. The van der Waals surface area contributed by atoms with Crippen LogP contribution in [0.5, 0.6) is 0 Å². The number of rotatable bonds is 7. The summed E-state index contributed by atoms with van der Waals surface area (Å²) in [5.41, 5.74) is 1.31. The van der Waals surface area contributed by atoms with E-state index in [1.807, 2.05) is 19.3 Å². The third-order valence-electron chi connectivity index (χ3n) is 3.43. The van der Waals surface area contributed by atoms with Crippen LogP contribution in [0, 0.1) is 6.92 Å². The Morgan fingerprint density at radius 2 is 2.00 bits per heavy atom. The van der Waals surface area contributed by atoms with Crippen molar-refractivity contribution in [2.45, 2.75) is 31.5 Å². The highest BCUT2D eigenvalue weighted by Crippen LogP contribution is 2.19. The predicted octanol–water partition coefficient (Wildman–Crippen LogP) is 3.62. The number of nitrogens with zero attached hydrogens (tertiary/aromatic N) is 4. The molecular formula is C16H18N4S2. The van der Waals surface area contributed by atoms with Crippen molar-refractivity contribution in [1.29, 1.82) is 0 Å². The van der Waals surface area contributed by atoms with Gasteiger partial charge in [-0.3, -0.25) is 4.98 Å². The molecule has 0 fully saturated rings. The minimum Gasteiger partial charge on any atom is -0.306 e. The molecule has 114 valence electrons. The molecule has 0 radical (unpaired) electrons. The van der Waals surface area contributed by atoms with E-state index in [1.165, 1.54) is 10.4 Å². The molecule has 0 aliphatic rings. The van der Waals surface area contributed by atoms with Crippen LogP contribution in [0.3, 0.4) is 0 Å². The Balaban J connectivity index is 1.57. The molecule has 3 rings (SSSR count). The number of hydrogen-bond acceptors (Lipinski definition) is 5. The first-order valence-corrected chi connectivity index (χ1v) is 9.13. The molecule has 6 heteroatoms. The van der Waals surface area contributed by atoms with E-state index in [-0.39, 0.29) is 0 Å². The van der Waals surface area contributed by atoms with Gasteiger partial charge in [0.05, 0.1) is 0 Å². The van der Waals surface area contributed by atoms with Gasteiger partial charge in [-0.25, -0.2) is 0 Å². The Hall–Kier alpha value is -1.66. The zero-order valence-electron chi connectivity index (χ0n) is 12.5. The van der Waals surface area contributed by atoms with Gasteiger partial charge < -0.3 is 4.57 Å². The van der Waals surface area contributed by atoms with Gasteiger partial charge in [-0.2, -0.15) is 0 Å². The van der Waals surface area contributed by atoms with Gasteiger partial charge >= 0.3 is 0 Å².